The van der Waals surface area contributed by atoms with E-state index in [0.29, 0.717) is 5.75 Å². The van der Waals surface area contributed by atoms with E-state index in [9.17, 15) is 14.0 Å². The maximum absolute atomic E-state index is 13.9. The van der Waals surface area contributed by atoms with Crippen LogP contribution in [0, 0.1) is 5.82 Å². The van der Waals surface area contributed by atoms with Gasteiger partial charge in [0.2, 0.25) is 0 Å². The lowest BCUT2D eigenvalue weighted by Crippen LogP contribution is -2.41. The minimum Gasteiger partial charge on any atom is -0.497 e. The van der Waals surface area contributed by atoms with E-state index in [4.69, 9.17) is 9.47 Å². The summed E-state index contributed by atoms with van der Waals surface area (Å²) in [6.07, 6.45) is 0.551. The molecule has 5 nitrogen and oxygen atoms in total. The third-order valence-corrected chi connectivity index (χ3v) is 4.15. The Morgan fingerprint density at radius 1 is 1.11 bits per heavy atom. The second-order valence-electron chi connectivity index (χ2n) is 6.33. The smallest absolute Gasteiger partial charge is 0.341 e. The molecule has 0 aliphatic carbocycles. The van der Waals surface area contributed by atoms with Crippen LogP contribution < -0.4 is 10.1 Å². The molecule has 2 rings (SSSR count). The number of rotatable bonds is 8. The van der Waals surface area contributed by atoms with Gasteiger partial charge in [-0.25, -0.2) is 9.18 Å². The highest BCUT2D eigenvalue weighted by atomic mass is 19.1. The summed E-state index contributed by atoms with van der Waals surface area (Å²) in [6.45, 7) is 3.34. The van der Waals surface area contributed by atoms with Gasteiger partial charge in [0.15, 0.2) is 6.10 Å². The first kappa shape index (κ1) is 20.4. The quantitative estimate of drug-likeness (QED) is 0.719. The van der Waals surface area contributed by atoms with E-state index in [1.807, 2.05) is 37.3 Å². The number of aryl methyl sites for hydroxylation is 1. The van der Waals surface area contributed by atoms with Crippen molar-refractivity contribution in [1.82, 2.24) is 5.32 Å². The Morgan fingerprint density at radius 3 is 2.44 bits per heavy atom. The van der Waals surface area contributed by atoms with E-state index in [1.165, 1.54) is 31.7 Å². The van der Waals surface area contributed by atoms with Gasteiger partial charge in [0.05, 0.1) is 12.7 Å². The Morgan fingerprint density at radius 2 is 1.81 bits per heavy atom. The first-order chi connectivity index (χ1) is 12.9. The first-order valence-corrected chi connectivity index (χ1v) is 8.79. The van der Waals surface area contributed by atoms with Gasteiger partial charge in [0.25, 0.3) is 5.91 Å². The maximum atomic E-state index is 13.9. The number of carbonyl (C=O) groups excluding carboxylic acids is 2. The van der Waals surface area contributed by atoms with Gasteiger partial charge in [-0.15, -0.1) is 0 Å². The van der Waals surface area contributed by atoms with Crippen molar-refractivity contribution in [2.75, 3.05) is 7.11 Å². The third-order valence-electron chi connectivity index (χ3n) is 4.15. The molecule has 2 atom stereocenters. The summed E-state index contributed by atoms with van der Waals surface area (Å²) < 4.78 is 23.9. The van der Waals surface area contributed by atoms with Crippen molar-refractivity contribution in [3.63, 3.8) is 0 Å². The summed E-state index contributed by atoms with van der Waals surface area (Å²) in [5.41, 5.74) is 0.945. The molecule has 0 aliphatic heterocycles. The second-order valence-corrected chi connectivity index (χ2v) is 6.33. The van der Waals surface area contributed by atoms with Gasteiger partial charge in [-0.1, -0.05) is 30.3 Å². The lowest BCUT2D eigenvalue weighted by molar-refractivity contribution is -0.129. The van der Waals surface area contributed by atoms with Crippen molar-refractivity contribution in [2.24, 2.45) is 0 Å². The highest BCUT2D eigenvalue weighted by Crippen LogP contribution is 2.17. The van der Waals surface area contributed by atoms with Crippen LogP contribution in [0.1, 0.15) is 36.2 Å². The Labute approximate surface area is 158 Å². The summed E-state index contributed by atoms with van der Waals surface area (Å²) in [7, 11) is 1.40. The fraction of sp³-hybridized carbons (Fsp3) is 0.333. The maximum Gasteiger partial charge on any atom is 0.341 e. The van der Waals surface area contributed by atoms with Crippen molar-refractivity contribution in [2.45, 2.75) is 38.8 Å². The summed E-state index contributed by atoms with van der Waals surface area (Å²) in [6, 6.07) is 13.7. The van der Waals surface area contributed by atoms with Gasteiger partial charge >= 0.3 is 5.97 Å². The third kappa shape index (κ3) is 6.09. The van der Waals surface area contributed by atoms with Crippen LogP contribution in [0.2, 0.25) is 0 Å². The number of benzene rings is 2. The fourth-order valence-electron chi connectivity index (χ4n) is 2.53. The molecule has 2 aromatic rings. The Balaban J connectivity index is 1.84. The largest absolute Gasteiger partial charge is 0.497 e. The predicted molar refractivity (Wildman–Crippen MR) is 100 cm³/mol. The van der Waals surface area contributed by atoms with Gasteiger partial charge in [0.1, 0.15) is 11.6 Å². The van der Waals surface area contributed by atoms with Crippen LogP contribution in [0.4, 0.5) is 4.39 Å². The van der Waals surface area contributed by atoms with Gasteiger partial charge in [-0.05, 0) is 44.4 Å². The second kappa shape index (κ2) is 9.71. The summed E-state index contributed by atoms with van der Waals surface area (Å²) >= 11 is 0. The minimum absolute atomic E-state index is 0.0865. The van der Waals surface area contributed by atoms with Crippen molar-refractivity contribution < 1.29 is 23.5 Å². The highest BCUT2D eigenvalue weighted by Gasteiger charge is 2.22. The van der Waals surface area contributed by atoms with E-state index in [-0.39, 0.29) is 11.6 Å². The molecule has 0 aromatic heterocycles. The lowest BCUT2D eigenvalue weighted by Gasteiger charge is -2.18. The molecule has 1 N–H and O–H groups in total. The van der Waals surface area contributed by atoms with Gasteiger partial charge < -0.3 is 14.8 Å². The molecule has 0 bridgehead atoms. The molecule has 2 aromatic carbocycles. The van der Waals surface area contributed by atoms with Crippen molar-refractivity contribution in [3.05, 3.63) is 65.5 Å². The van der Waals surface area contributed by atoms with Crippen LogP contribution in [-0.4, -0.2) is 31.1 Å². The molecule has 0 unspecified atom stereocenters. The zero-order chi connectivity index (χ0) is 19.8. The molecule has 0 radical (unpaired) electrons. The number of hydrogen-bond acceptors (Lipinski definition) is 4. The number of esters is 1. The van der Waals surface area contributed by atoms with Gasteiger partial charge in [-0.3, -0.25) is 4.79 Å². The number of nitrogens with one attached hydrogen (secondary N) is 1. The van der Waals surface area contributed by atoms with E-state index < -0.39 is 23.8 Å². The average Bonchev–Trinajstić information content (AvgIpc) is 2.66. The molecule has 1 amide bonds. The molecular formula is C21H24FNO4. The Hall–Kier alpha value is -2.89. The summed E-state index contributed by atoms with van der Waals surface area (Å²) in [5, 5.41) is 2.81. The van der Waals surface area contributed by atoms with E-state index in [0.717, 1.165) is 18.9 Å². The molecule has 0 heterocycles. The van der Waals surface area contributed by atoms with E-state index in [1.54, 1.807) is 0 Å². The molecule has 0 spiro atoms. The molecular weight excluding hydrogens is 349 g/mol. The first-order valence-electron chi connectivity index (χ1n) is 8.79. The monoisotopic (exact) mass is 373 g/mol. The van der Waals surface area contributed by atoms with Crippen LogP contribution in [0.25, 0.3) is 0 Å². The standard InChI is InChI=1S/C21H24FNO4/c1-14(9-10-16-7-5-4-6-8-16)23-20(24)15(2)27-21(25)18-12-11-17(26-3)13-19(18)22/h4-8,11-15H,9-10H2,1-3H3,(H,23,24)/t14-,15+/m0/s1. The van der Waals surface area contributed by atoms with Crippen molar-refractivity contribution >= 4 is 11.9 Å². The van der Waals surface area contributed by atoms with Crippen LogP contribution in [0.5, 0.6) is 5.75 Å². The normalized spacial score (nSPS) is 12.7. The number of methoxy groups -OCH3 is 1. The number of hydrogen-bond donors (Lipinski definition) is 1. The van der Waals surface area contributed by atoms with Crippen LogP contribution in [0.15, 0.2) is 48.5 Å². The molecule has 144 valence electrons. The minimum atomic E-state index is -1.03. The molecule has 27 heavy (non-hydrogen) atoms. The number of carbonyl (C=O) groups is 2. The average molecular weight is 373 g/mol. The predicted octanol–water partition coefficient (Wildman–Crippen LogP) is 3.52. The van der Waals surface area contributed by atoms with Crippen molar-refractivity contribution in [1.29, 1.82) is 0 Å². The van der Waals surface area contributed by atoms with Crippen LogP contribution in [0.3, 0.4) is 0 Å². The Kier molecular flexibility index (Phi) is 7.34. The number of ether oxygens (including phenoxy) is 2. The van der Waals surface area contributed by atoms with Crippen LogP contribution >= 0.6 is 0 Å². The molecule has 0 aliphatic rings. The Bertz CT molecular complexity index is 779. The zero-order valence-electron chi connectivity index (χ0n) is 15.7. The number of halogens is 1. The fourth-order valence-corrected chi connectivity index (χ4v) is 2.53. The van der Waals surface area contributed by atoms with Crippen molar-refractivity contribution in [3.8, 4) is 5.75 Å². The topological polar surface area (TPSA) is 64.6 Å². The highest BCUT2D eigenvalue weighted by molar-refractivity contribution is 5.92. The van der Waals surface area contributed by atoms with Crippen LogP contribution in [-0.2, 0) is 16.0 Å². The van der Waals surface area contributed by atoms with E-state index >= 15 is 0 Å². The van der Waals surface area contributed by atoms with Gasteiger partial charge in [-0.2, -0.15) is 0 Å². The molecule has 6 heteroatoms. The molecule has 0 saturated carbocycles. The lowest BCUT2D eigenvalue weighted by atomic mass is 10.1. The SMILES string of the molecule is COc1ccc(C(=O)O[C@H](C)C(=O)N[C@@H](C)CCc2ccccc2)c(F)c1. The molecule has 0 saturated heterocycles. The molecule has 0 fully saturated rings. The zero-order valence-corrected chi connectivity index (χ0v) is 15.7. The number of amides is 1. The summed E-state index contributed by atoms with van der Waals surface area (Å²) in [5.74, 6) is -1.78. The van der Waals surface area contributed by atoms with E-state index in [2.05, 4.69) is 5.32 Å². The summed E-state index contributed by atoms with van der Waals surface area (Å²) in [4.78, 5) is 24.3. The van der Waals surface area contributed by atoms with Gasteiger partial charge in [0, 0.05) is 12.1 Å².